The van der Waals surface area contributed by atoms with Crippen LogP contribution < -0.4 is 0 Å². The van der Waals surface area contributed by atoms with Gasteiger partial charge in [-0.1, -0.05) is 75.6 Å². The van der Waals surface area contributed by atoms with Crippen molar-refractivity contribution in [2.45, 2.75) is 179 Å². The Labute approximate surface area is 416 Å². The molecule has 388 valence electrons. The fourth-order valence-corrected chi connectivity index (χ4v) is 12.8. The summed E-state index contributed by atoms with van der Waals surface area (Å²) in [5.74, 6) is -7.83. The van der Waals surface area contributed by atoms with Gasteiger partial charge in [0.15, 0.2) is 11.3 Å². The number of esters is 1. The molecule has 0 spiro atoms. The number of fused-ring (bicyclic) bond motifs is 3. The number of thioether (sulfide) groups is 1. The van der Waals surface area contributed by atoms with Crippen LogP contribution in [0.4, 0.5) is 0 Å². The number of cyclic esters (lactones) is 1. The van der Waals surface area contributed by atoms with E-state index < -0.39 is 85.6 Å². The van der Waals surface area contributed by atoms with E-state index in [0.29, 0.717) is 56.0 Å². The van der Waals surface area contributed by atoms with E-state index in [4.69, 9.17) is 23.7 Å². The van der Waals surface area contributed by atoms with Gasteiger partial charge in [0.25, 0.3) is 11.7 Å². The number of hydrogen-bond acceptors (Lipinski definition) is 14. The molecule has 0 aromatic rings. The lowest BCUT2D eigenvalue weighted by Crippen LogP contribution is -2.61. The van der Waals surface area contributed by atoms with Crippen molar-refractivity contribution in [3.63, 3.8) is 0 Å². The Morgan fingerprint density at radius 1 is 0.899 bits per heavy atom. The van der Waals surface area contributed by atoms with Crippen LogP contribution in [-0.4, -0.2) is 138 Å². The van der Waals surface area contributed by atoms with Gasteiger partial charge < -0.3 is 38.8 Å². The second-order valence-corrected chi connectivity index (χ2v) is 23.7. The Kier molecular flexibility index (Phi) is 23.7. The molecular formula is C53H83NO13PS+. The average molecular weight is 1010 g/mol. The maximum Gasteiger partial charge on any atom is 0.346 e. The van der Waals surface area contributed by atoms with E-state index in [0.717, 1.165) is 24.8 Å². The second-order valence-electron chi connectivity index (χ2n) is 20.5. The summed E-state index contributed by atoms with van der Waals surface area (Å²) in [5.41, 5.74) is 1.83. The van der Waals surface area contributed by atoms with Gasteiger partial charge in [-0.05, 0) is 107 Å². The van der Waals surface area contributed by atoms with E-state index in [-0.39, 0.29) is 60.1 Å². The lowest BCUT2D eigenvalue weighted by atomic mass is 9.79. The molecule has 2 unspecified atom stereocenters. The van der Waals surface area contributed by atoms with Gasteiger partial charge in [0, 0.05) is 63.7 Å². The molecule has 1 amide bonds. The van der Waals surface area contributed by atoms with Gasteiger partial charge in [0.05, 0.1) is 18.3 Å². The Balaban J connectivity index is 1.70. The van der Waals surface area contributed by atoms with Crippen LogP contribution in [0, 0.1) is 35.5 Å². The number of carbonyl (C=O) groups excluding carboxylic acids is 5. The number of Topliss-reactive ketones (excluding diaryl/α,β-unsaturated/α-hetero) is 3. The third-order valence-corrected chi connectivity index (χ3v) is 17.9. The molecule has 4 aliphatic rings. The predicted molar refractivity (Wildman–Crippen MR) is 269 cm³/mol. The van der Waals surface area contributed by atoms with Crippen molar-refractivity contribution >= 4 is 48.8 Å². The highest BCUT2D eigenvalue weighted by atomic mass is 32.2. The number of hydrogen-bond donors (Lipinski definition) is 2. The maximum atomic E-state index is 14.5. The zero-order valence-electron chi connectivity index (χ0n) is 43.1. The highest BCUT2D eigenvalue weighted by Crippen LogP contribution is 2.41. The first-order valence-electron chi connectivity index (χ1n) is 25.1. The summed E-state index contributed by atoms with van der Waals surface area (Å²) in [4.78, 5) is 72.3. The normalized spacial score (nSPS) is 39.0. The van der Waals surface area contributed by atoms with E-state index in [1.54, 1.807) is 59.5 Å². The first kappa shape index (κ1) is 58.7. The Bertz CT molecular complexity index is 1900. The number of aliphatic hydroxyl groups excluding tert-OH is 1. The van der Waals surface area contributed by atoms with E-state index in [1.165, 1.54) is 12.0 Å². The molecule has 69 heavy (non-hydrogen) atoms. The monoisotopic (exact) mass is 1000 g/mol. The number of aliphatic hydroxyl groups is 2. The fraction of sp³-hybridized carbons (Fsp3) is 0.755. The molecular weight excluding hydrogens is 922 g/mol. The van der Waals surface area contributed by atoms with E-state index in [1.807, 2.05) is 58.1 Å². The van der Waals surface area contributed by atoms with Crippen molar-refractivity contribution in [2.75, 3.05) is 40.0 Å². The maximum absolute atomic E-state index is 14.5. The molecule has 14 nitrogen and oxygen atoms in total. The Morgan fingerprint density at radius 3 is 2.29 bits per heavy atom. The highest BCUT2D eigenvalue weighted by Gasteiger charge is 2.53. The van der Waals surface area contributed by atoms with Crippen molar-refractivity contribution in [1.82, 2.24) is 4.90 Å². The fourth-order valence-electron chi connectivity index (χ4n) is 10.5. The van der Waals surface area contributed by atoms with Crippen LogP contribution in [0.2, 0.25) is 0 Å². The van der Waals surface area contributed by atoms with Gasteiger partial charge >= 0.3 is 13.8 Å². The van der Waals surface area contributed by atoms with Crippen molar-refractivity contribution in [2.24, 2.45) is 35.5 Å². The number of amides is 1. The van der Waals surface area contributed by atoms with Gasteiger partial charge in [0.2, 0.25) is 5.79 Å². The van der Waals surface area contributed by atoms with Crippen LogP contribution >= 0.6 is 19.6 Å². The topological polar surface area (TPSA) is 192 Å². The van der Waals surface area contributed by atoms with Gasteiger partial charge in [0.1, 0.15) is 36.8 Å². The first-order chi connectivity index (χ1) is 32.6. The summed E-state index contributed by atoms with van der Waals surface area (Å²) < 4.78 is 41.8. The number of allylic oxidation sites excluding steroid dienone is 6. The molecule has 2 saturated heterocycles. The zero-order valence-corrected chi connectivity index (χ0v) is 44.8. The van der Waals surface area contributed by atoms with E-state index >= 15 is 0 Å². The Morgan fingerprint density at radius 2 is 1.62 bits per heavy atom. The minimum Gasteiger partial charge on any atom is -0.460 e. The molecule has 2 bridgehead atoms. The van der Waals surface area contributed by atoms with Crippen LogP contribution in [0.15, 0.2) is 47.6 Å². The molecule has 3 fully saturated rings. The molecule has 1 aliphatic carbocycles. The lowest BCUT2D eigenvalue weighted by Gasteiger charge is -2.42. The number of nitrogens with zero attached hydrogens (tertiary/aromatic N) is 1. The third kappa shape index (κ3) is 16.3. The number of ether oxygens (including phenoxy) is 5. The van der Waals surface area contributed by atoms with Crippen molar-refractivity contribution in [1.29, 1.82) is 0 Å². The molecule has 0 aromatic heterocycles. The predicted octanol–water partition coefficient (Wildman–Crippen LogP) is 8.34. The first-order valence-corrected chi connectivity index (χ1v) is 28.1. The van der Waals surface area contributed by atoms with Gasteiger partial charge in [-0.25, -0.2) is 4.79 Å². The summed E-state index contributed by atoms with van der Waals surface area (Å²) in [6.45, 7) is 14.6. The highest BCUT2D eigenvalue weighted by molar-refractivity contribution is 8.04. The quantitative estimate of drug-likeness (QED) is 0.0969. The molecule has 16 atom stereocenters. The largest absolute Gasteiger partial charge is 0.460 e. The van der Waals surface area contributed by atoms with Crippen molar-refractivity contribution in [3.8, 4) is 0 Å². The zero-order chi connectivity index (χ0) is 51.2. The number of methoxy groups -OCH3 is 3. The molecule has 0 aromatic carbocycles. The summed E-state index contributed by atoms with van der Waals surface area (Å²) in [7, 11) is 3.36. The molecule has 16 heteroatoms. The summed E-state index contributed by atoms with van der Waals surface area (Å²) in [6.07, 6.45) is 12.8. The summed E-state index contributed by atoms with van der Waals surface area (Å²) >= 11 is 1.67. The van der Waals surface area contributed by atoms with Crippen molar-refractivity contribution in [3.05, 3.63) is 47.6 Å². The van der Waals surface area contributed by atoms with E-state index in [9.17, 15) is 38.8 Å². The number of carbonyl (C=O) groups is 5. The molecule has 3 heterocycles. The molecule has 2 N–H and O–H groups in total. The molecule has 1 saturated carbocycles. The van der Waals surface area contributed by atoms with Gasteiger partial charge in [-0.2, -0.15) is 0 Å². The third-order valence-electron chi connectivity index (χ3n) is 14.9. The van der Waals surface area contributed by atoms with Gasteiger partial charge in [-0.3, -0.25) is 19.2 Å². The van der Waals surface area contributed by atoms with Crippen LogP contribution in [-0.2, 0) is 52.2 Å². The number of rotatable bonds is 9. The molecule has 0 radical (unpaired) electrons. The average Bonchev–Trinajstić information content (AvgIpc) is 3.32. The summed E-state index contributed by atoms with van der Waals surface area (Å²) in [6, 6.07) is -1.14. The van der Waals surface area contributed by atoms with Crippen LogP contribution in [0.1, 0.15) is 126 Å². The second kappa shape index (κ2) is 27.8. The van der Waals surface area contributed by atoms with Crippen LogP contribution in [0.25, 0.3) is 0 Å². The minimum absolute atomic E-state index is 0.0179. The van der Waals surface area contributed by atoms with Gasteiger partial charge in [-0.15, -0.1) is 11.8 Å². The molecule has 4 rings (SSSR count). The number of ketones is 3. The van der Waals surface area contributed by atoms with Crippen LogP contribution in [0.5, 0.6) is 0 Å². The van der Waals surface area contributed by atoms with Crippen LogP contribution in [0.3, 0.4) is 0 Å². The minimum atomic E-state index is -2.43. The number of piperidine rings is 1. The summed E-state index contributed by atoms with van der Waals surface area (Å²) in [5, 5.41) is 23.7. The van der Waals surface area contributed by atoms with E-state index in [2.05, 4.69) is 0 Å². The lowest BCUT2D eigenvalue weighted by molar-refractivity contribution is -0.265. The Hall–Kier alpha value is -2.88. The smallest absolute Gasteiger partial charge is 0.346 e. The SMILES string of the molecule is CO[C@H]1C[C@@H]2CC[C@@H](C)[C@@](O)(O2)C(=O)C(=O)N2CCCC[C@H]2C(=O)O[C@H]([C@H](C)C[C@@H]2CCC(SC[P+](C)=O)[C@H](OC)C2)CC(=O)[C@H](C)/C=C(\C)[C@@H](O)[C@@H](OC)C(=O)[C@H](C)C[C@H](C)/C=C/C=C/C=C/1C. The molecule has 3 aliphatic heterocycles. The standard InChI is InChI=1S/C53H83NO13PS/c1-32-17-13-12-14-18-33(2)43(63-8)29-40-22-20-38(7)53(61,67-40)50(58)51(59)54-24-16-15-19-41(54)52(60)66-44(35(4)27-39-21-23-46(45(28-39)64-9)69-31-68(11)62)30-42(55)34(3)26-37(6)48(57)49(65-10)47(56)36(5)25-32/h12-14,17-18,26,32,34-36,38-41,43-46,48-49,57,61H,15-16,19-25,27-31H2,1-11H3/q+1/b14-12+,17-13+,33-18+,37-26+/t32-,34-,35-,36-,38-,39+,40+,41+,43+,44+,45-,46?,48-,49+,53-/m1/s1. The van der Waals surface area contributed by atoms with Crippen molar-refractivity contribution < 1.29 is 62.4 Å².